The van der Waals surface area contributed by atoms with Crippen molar-refractivity contribution in [2.24, 2.45) is 7.05 Å². The second-order valence-corrected chi connectivity index (χ2v) is 10.2. The van der Waals surface area contributed by atoms with Crippen LogP contribution in [0.2, 0.25) is 0 Å². The molecule has 0 aliphatic carbocycles. The highest BCUT2D eigenvalue weighted by Crippen LogP contribution is 2.33. The molecule has 188 valence electrons. The van der Waals surface area contributed by atoms with E-state index < -0.39 is 5.60 Å². The molecule has 2 N–H and O–H groups in total. The fourth-order valence-electron chi connectivity index (χ4n) is 3.74. The monoisotopic (exact) mass is 546 g/mol. The van der Waals surface area contributed by atoms with Gasteiger partial charge < -0.3 is 29.7 Å². The van der Waals surface area contributed by atoms with Gasteiger partial charge in [-0.1, -0.05) is 6.58 Å². The predicted octanol–water partition coefficient (Wildman–Crippen LogP) is 3.86. The van der Waals surface area contributed by atoms with Gasteiger partial charge in [0.1, 0.15) is 10.2 Å². The molecule has 2 heterocycles. The Kier molecular flexibility index (Phi) is 7.89. The fourth-order valence-corrected chi connectivity index (χ4v) is 4.23. The standard InChI is InChI=1S/C24H31BrN6O4/c1-7-20(32)27-17-12-16(26-21-22(33)29(6)14-19(25)28-21)8-9-18(17)31-11-10-30(13-15(31)2)23(34)35-24(3,4)5/h7-9,12,14-15H,1,10-11,13H2,2-6H3,(H,26,28)(H,27,32)/t15-/m0/s1. The van der Waals surface area contributed by atoms with Crippen LogP contribution in [0.5, 0.6) is 0 Å². The lowest BCUT2D eigenvalue weighted by atomic mass is 10.1. The minimum Gasteiger partial charge on any atom is -0.444 e. The molecule has 1 fully saturated rings. The van der Waals surface area contributed by atoms with Crippen molar-refractivity contribution in [3.05, 3.63) is 52.0 Å². The van der Waals surface area contributed by atoms with Crippen LogP contribution in [0.25, 0.3) is 0 Å². The largest absolute Gasteiger partial charge is 0.444 e. The predicted molar refractivity (Wildman–Crippen MR) is 140 cm³/mol. The summed E-state index contributed by atoms with van der Waals surface area (Å²) in [5.41, 5.74) is 1.06. The minimum absolute atomic E-state index is 0.0338. The lowest BCUT2D eigenvalue weighted by Gasteiger charge is -2.42. The van der Waals surface area contributed by atoms with E-state index in [-0.39, 0.29) is 29.4 Å². The number of ether oxygens (including phenoxy) is 1. The van der Waals surface area contributed by atoms with Crippen molar-refractivity contribution in [1.29, 1.82) is 0 Å². The molecule has 1 saturated heterocycles. The molecule has 3 rings (SSSR count). The first-order valence-electron chi connectivity index (χ1n) is 11.2. The minimum atomic E-state index is -0.563. The molecule has 0 spiro atoms. The van der Waals surface area contributed by atoms with E-state index in [1.165, 1.54) is 10.6 Å². The first-order chi connectivity index (χ1) is 16.4. The van der Waals surface area contributed by atoms with E-state index in [4.69, 9.17) is 4.74 Å². The van der Waals surface area contributed by atoms with E-state index >= 15 is 0 Å². The van der Waals surface area contributed by atoms with Crippen LogP contribution >= 0.6 is 15.9 Å². The molecular formula is C24H31BrN6O4. The van der Waals surface area contributed by atoms with Gasteiger partial charge in [-0.25, -0.2) is 9.78 Å². The number of carbonyl (C=O) groups is 2. The summed E-state index contributed by atoms with van der Waals surface area (Å²) in [6.07, 6.45) is 2.43. The highest BCUT2D eigenvalue weighted by Gasteiger charge is 2.31. The van der Waals surface area contributed by atoms with Gasteiger partial charge in [-0.2, -0.15) is 0 Å². The molecule has 10 nitrogen and oxygen atoms in total. The summed E-state index contributed by atoms with van der Waals surface area (Å²) in [4.78, 5) is 45.2. The number of nitrogens with zero attached hydrogens (tertiary/aromatic N) is 4. The first kappa shape index (κ1) is 26.3. The van der Waals surface area contributed by atoms with Gasteiger partial charge in [0.2, 0.25) is 5.91 Å². The van der Waals surface area contributed by atoms with Crippen molar-refractivity contribution in [3.8, 4) is 0 Å². The van der Waals surface area contributed by atoms with Crippen LogP contribution in [0, 0.1) is 0 Å². The Hall–Kier alpha value is -3.34. The van der Waals surface area contributed by atoms with Gasteiger partial charge in [0.15, 0.2) is 5.82 Å². The Bertz CT molecular complexity index is 1190. The van der Waals surface area contributed by atoms with Gasteiger partial charge in [0, 0.05) is 44.6 Å². The van der Waals surface area contributed by atoms with Crippen molar-refractivity contribution < 1.29 is 14.3 Å². The molecular weight excluding hydrogens is 516 g/mol. The number of anilines is 4. The topological polar surface area (TPSA) is 109 Å². The quantitative estimate of drug-likeness (QED) is 0.548. The van der Waals surface area contributed by atoms with E-state index in [0.717, 1.165) is 5.69 Å². The molecule has 2 amide bonds. The summed E-state index contributed by atoms with van der Waals surface area (Å²) in [7, 11) is 1.64. The lowest BCUT2D eigenvalue weighted by Crippen LogP contribution is -2.54. The van der Waals surface area contributed by atoms with E-state index in [1.54, 1.807) is 24.2 Å². The van der Waals surface area contributed by atoms with Gasteiger partial charge in [-0.3, -0.25) is 9.59 Å². The molecule has 0 bridgehead atoms. The van der Waals surface area contributed by atoms with Gasteiger partial charge >= 0.3 is 6.09 Å². The van der Waals surface area contributed by atoms with Crippen molar-refractivity contribution in [2.75, 3.05) is 35.2 Å². The summed E-state index contributed by atoms with van der Waals surface area (Å²) in [6, 6.07) is 5.39. The molecule has 0 saturated carbocycles. The SMILES string of the molecule is C=CC(=O)Nc1cc(Nc2nc(Br)cn(C)c2=O)ccc1N1CCN(C(=O)OC(C)(C)C)C[C@@H]1C. The summed E-state index contributed by atoms with van der Waals surface area (Å²) in [6.45, 7) is 12.6. The van der Waals surface area contributed by atoms with Crippen molar-refractivity contribution in [2.45, 2.75) is 39.3 Å². The van der Waals surface area contributed by atoms with Crippen molar-refractivity contribution in [3.63, 3.8) is 0 Å². The molecule has 35 heavy (non-hydrogen) atoms. The smallest absolute Gasteiger partial charge is 0.410 e. The number of carbonyl (C=O) groups excluding carboxylic acids is 2. The number of hydrogen-bond donors (Lipinski definition) is 2. The Balaban J connectivity index is 1.87. The number of aryl methyl sites for hydroxylation is 1. The zero-order chi connectivity index (χ0) is 25.9. The average Bonchev–Trinajstić information content (AvgIpc) is 2.76. The number of rotatable bonds is 5. The van der Waals surface area contributed by atoms with Gasteiger partial charge in [-0.05, 0) is 67.9 Å². The fraction of sp³-hybridized carbons (Fsp3) is 0.417. The van der Waals surface area contributed by atoms with Gasteiger partial charge in [0.05, 0.1) is 11.4 Å². The molecule has 1 aliphatic heterocycles. The number of aromatic nitrogens is 2. The molecule has 0 unspecified atom stereocenters. The zero-order valence-corrected chi connectivity index (χ0v) is 22.2. The van der Waals surface area contributed by atoms with Crippen LogP contribution in [0.1, 0.15) is 27.7 Å². The molecule has 0 radical (unpaired) electrons. The third kappa shape index (κ3) is 6.62. The van der Waals surface area contributed by atoms with Crippen LogP contribution in [0.3, 0.4) is 0 Å². The number of nitrogens with one attached hydrogen (secondary N) is 2. The number of benzene rings is 1. The Morgan fingerprint density at radius 3 is 2.63 bits per heavy atom. The summed E-state index contributed by atoms with van der Waals surface area (Å²) < 4.78 is 7.44. The summed E-state index contributed by atoms with van der Waals surface area (Å²) in [5, 5.41) is 5.88. The lowest BCUT2D eigenvalue weighted by molar-refractivity contribution is -0.111. The van der Waals surface area contributed by atoms with Gasteiger partial charge in [0.25, 0.3) is 5.56 Å². The highest BCUT2D eigenvalue weighted by atomic mass is 79.9. The summed E-state index contributed by atoms with van der Waals surface area (Å²) in [5.74, 6) is -0.213. The average molecular weight is 547 g/mol. The first-order valence-corrected chi connectivity index (χ1v) is 12.0. The Morgan fingerprint density at radius 2 is 2.00 bits per heavy atom. The number of amides is 2. The third-order valence-electron chi connectivity index (χ3n) is 5.33. The van der Waals surface area contributed by atoms with Crippen LogP contribution in [0.15, 0.2) is 46.4 Å². The maximum atomic E-state index is 12.5. The van der Waals surface area contributed by atoms with E-state index in [1.807, 2.05) is 39.8 Å². The van der Waals surface area contributed by atoms with E-state index in [9.17, 15) is 14.4 Å². The van der Waals surface area contributed by atoms with Crippen molar-refractivity contribution in [1.82, 2.24) is 14.5 Å². The number of piperazine rings is 1. The van der Waals surface area contributed by atoms with Gasteiger partial charge in [-0.15, -0.1) is 0 Å². The maximum absolute atomic E-state index is 12.5. The van der Waals surface area contributed by atoms with Crippen LogP contribution in [0.4, 0.5) is 27.7 Å². The molecule has 2 aromatic rings. The van der Waals surface area contributed by atoms with Crippen LogP contribution in [-0.2, 0) is 16.6 Å². The summed E-state index contributed by atoms with van der Waals surface area (Å²) >= 11 is 3.30. The van der Waals surface area contributed by atoms with E-state index in [2.05, 4.69) is 43.0 Å². The highest BCUT2D eigenvalue weighted by molar-refractivity contribution is 9.10. The zero-order valence-electron chi connectivity index (χ0n) is 20.6. The van der Waals surface area contributed by atoms with Crippen LogP contribution < -0.4 is 21.1 Å². The third-order valence-corrected chi connectivity index (χ3v) is 5.71. The number of halogens is 1. The maximum Gasteiger partial charge on any atom is 0.410 e. The van der Waals surface area contributed by atoms with E-state index in [0.29, 0.717) is 35.6 Å². The second kappa shape index (κ2) is 10.5. The molecule has 1 aromatic carbocycles. The Morgan fingerprint density at radius 1 is 1.29 bits per heavy atom. The normalized spacial score (nSPS) is 16.0. The molecule has 1 aliphatic rings. The Labute approximate surface area is 213 Å². The molecule has 11 heteroatoms. The second-order valence-electron chi connectivity index (χ2n) is 9.35. The van der Waals surface area contributed by atoms with Crippen LogP contribution in [-0.4, -0.2) is 57.7 Å². The molecule has 1 aromatic heterocycles. The number of hydrogen-bond acceptors (Lipinski definition) is 7. The van der Waals surface area contributed by atoms with Crippen molar-refractivity contribution >= 4 is 50.8 Å². The molecule has 1 atom stereocenters.